The van der Waals surface area contributed by atoms with Gasteiger partial charge in [-0.15, -0.1) is 0 Å². The van der Waals surface area contributed by atoms with Crippen molar-refractivity contribution in [3.8, 4) is 0 Å². The molecule has 0 radical (unpaired) electrons. The van der Waals surface area contributed by atoms with Crippen LogP contribution >= 0.6 is 15.9 Å². The van der Waals surface area contributed by atoms with Crippen LogP contribution in [0.2, 0.25) is 0 Å². The van der Waals surface area contributed by atoms with Crippen LogP contribution in [0.3, 0.4) is 0 Å². The summed E-state index contributed by atoms with van der Waals surface area (Å²) in [4.78, 5) is 44.2. The highest BCUT2D eigenvalue weighted by Crippen LogP contribution is 2.60. The molecule has 3 saturated heterocycles. The number of rotatable bonds is 1. The number of carbonyl (C=O) groups is 3. The fourth-order valence-electron chi connectivity index (χ4n) is 6.21. The van der Waals surface area contributed by atoms with Gasteiger partial charge in [-0.1, -0.05) is 6.07 Å². The summed E-state index contributed by atoms with van der Waals surface area (Å²) in [6, 6.07) is 9.39. The molecule has 0 unspecified atom stereocenters. The molecule has 4 atom stereocenters. The van der Waals surface area contributed by atoms with Crippen LogP contribution in [0, 0.1) is 24.6 Å². The second kappa shape index (κ2) is 6.23. The van der Waals surface area contributed by atoms with Gasteiger partial charge in [0, 0.05) is 21.8 Å². The van der Waals surface area contributed by atoms with Gasteiger partial charge in [0.25, 0.3) is 0 Å². The highest BCUT2D eigenvalue weighted by Gasteiger charge is 2.74. The average Bonchev–Trinajstić information content (AvgIpc) is 3.42. The van der Waals surface area contributed by atoms with Crippen molar-refractivity contribution in [1.29, 1.82) is 0 Å². The Morgan fingerprint density at radius 2 is 1.94 bits per heavy atom. The largest absolute Gasteiger partial charge is 0.324 e. The number of halogens is 2. The molecular formula is C23H19BrFN3O3. The van der Waals surface area contributed by atoms with E-state index < -0.39 is 29.1 Å². The number of imide groups is 1. The molecule has 6 rings (SSSR count). The third-order valence-electron chi connectivity index (χ3n) is 7.30. The fourth-order valence-corrected chi connectivity index (χ4v) is 6.88. The Hall–Kier alpha value is -2.58. The molecule has 1 spiro atoms. The average molecular weight is 484 g/mol. The number of carbonyl (C=O) groups excluding carboxylic acids is 3. The molecule has 2 aromatic rings. The molecule has 1 N–H and O–H groups in total. The standard InChI is InChI=1S/C23H19BrFN3O3/c1-11-4-7-16(14(24)9-11)28-20(29)18-17-3-2-8-27(17)23(19(18)21(28)30)13-10-12(25)5-6-15(13)26-22(23)31/h4-7,9-10,17-19H,2-3,8H2,1H3,(H,26,31)/t17-,18+,19+,23+/m0/s1. The zero-order valence-electron chi connectivity index (χ0n) is 16.7. The maximum atomic E-state index is 14.3. The second-order valence-electron chi connectivity index (χ2n) is 8.78. The van der Waals surface area contributed by atoms with Crippen LogP contribution in [0.25, 0.3) is 0 Å². The predicted molar refractivity (Wildman–Crippen MR) is 115 cm³/mol. The summed E-state index contributed by atoms with van der Waals surface area (Å²) in [7, 11) is 0. The number of anilines is 2. The molecular weight excluding hydrogens is 465 g/mol. The van der Waals surface area contributed by atoms with E-state index in [1.807, 2.05) is 24.0 Å². The molecule has 3 fully saturated rings. The third-order valence-corrected chi connectivity index (χ3v) is 7.93. The quantitative estimate of drug-likeness (QED) is 0.631. The minimum atomic E-state index is -1.36. The van der Waals surface area contributed by atoms with Crippen molar-refractivity contribution in [2.24, 2.45) is 11.8 Å². The number of hydrogen-bond acceptors (Lipinski definition) is 4. The number of benzene rings is 2. The topological polar surface area (TPSA) is 69.7 Å². The Morgan fingerprint density at radius 3 is 2.71 bits per heavy atom. The van der Waals surface area contributed by atoms with Gasteiger partial charge in [0.15, 0.2) is 0 Å². The molecule has 2 aromatic carbocycles. The molecule has 8 heteroatoms. The van der Waals surface area contributed by atoms with Crippen molar-refractivity contribution in [3.63, 3.8) is 0 Å². The molecule has 4 heterocycles. The van der Waals surface area contributed by atoms with Gasteiger partial charge >= 0.3 is 0 Å². The van der Waals surface area contributed by atoms with Crippen LogP contribution in [0.4, 0.5) is 15.8 Å². The van der Waals surface area contributed by atoms with Gasteiger partial charge in [-0.2, -0.15) is 0 Å². The van der Waals surface area contributed by atoms with Crippen molar-refractivity contribution >= 4 is 45.0 Å². The predicted octanol–water partition coefficient (Wildman–Crippen LogP) is 3.33. The number of nitrogens with zero attached hydrogens (tertiary/aromatic N) is 2. The number of nitrogens with one attached hydrogen (secondary N) is 1. The zero-order chi connectivity index (χ0) is 21.7. The molecule has 0 aliphatic carbocycles. The van der Waals surface area contributed by atoms with Gasteiger partial charge in [0.05, 0.1) is 17.5 Å². The fraction of sp³-hybridized carbons (Fsp3) is 0.348. The summed E-state index contributed by atoms with van der Waals surface area (Å²) in [6.07, 6.45) is 1.55. The van der Waals surface area contributed by atoms with E-state index in [2.05, 4.69) is 21.2 Å². The molecule has 0 aromatic heterocycles. The van der Waals surface area contributed by atoms with Crippen molar-refractivity contribution in [1.82, 2.24) is 4.90 Å². The Labute approximate surface area is 186 Å². The number of aryl methyl sites for hydroxylation is 1. The summed E-state index contributed by atoms with van der Waals surface area (Å²) < 4.78 is 14.9. The molecule has 31 heavy (non-hydrogen) atoms. The third kappa shape index (κ3) is 2.22. The Bertz CT molecular complexity index is 1200. The lowest BCUT2D eigenvalue weighted by molar-refractivity contribution is -0.135. The van der Waals surface area contributed by atoms with Crippen molar-refractivity contribution in [2.75, 3.05) is 16.8 Å². The van der Waals surface area contributed by atoms with E-state index in [1.165, 1.54) is 23.1 Å². The first-order valence-corrected chi connectivity index (χ1v) is 11.2. The van der Waals surface area contributed by atoms with Crippen molar-refractivity contribution in [3.05, 3.63) is 57.8 Å². The maximum absolute atomic E-state index is 14.3. The van der Waals surface area contributed by atoms with E-state index in [9.17, 15) is 18.8 Å². The molecule has 0 bridgehead atoms. The second-order valence-corrected chi connectivity index (χ2v) is 9.64. The maximum Gasteiger partial charge on any atom is 0.250 e. The molecule has 158 valence electrons. The van der Waals surface area contributed by atoms with Gasteiger partial charge in [-0.25, -0.2) is 9.29 Å². The van der Waals surface area contributed by atoms with Crippen LogP contribution < -0.4 is 10.2 Å². The van der Waals surface area contributed by atoms with Crippen LogP contribution in [-0.2, 0) is 19.9 Å². The Morgan fingerprint density at radius 1 is 1.13 bits per heavy atom. The molecule has 3 amide bonds. The van der Waals surface area contributed by atoms with Gasteiger partial charge in [-0.3, -0.25) is 19.3 Å². The first-order valence-electron chi connectivity index (χ1n) is 10.4. The lowest BCUT2D eigenvalue weighted by Crippen LogP contribution is -2.54. The van der Waals surface area contributed by atoms with E-state index in [-0.39, 0.29) is 17.9 Å². The number of hydrogen-bond donors (Lipinski definition) is 1. The normalized spacial score (nSPS) is 31.4. The summed E-state index contributed by atoms with van der Waals surface area (Å²) >= 11 is 3.49. The Kier molecular flexibility index (Phi) is 3.85. The monoisotopic (exact) mass is 483 g/mol. The summed E-state index contributed by atoms with van der Waals surface area (Å²) in [5.41, 5.74) is 1.08. The van der Waals surface area contributed by atoms with E-state index >= 15 is 0 Å². The summed E-state index contributed by atoms with van der Waals surface area (Å²) in [5, 5.41) is 2.85. The Balaban J connectivity index is 1.57. The number of fused-ring (bicyclic) bond motifs is 7. The highest BCUT2D eigenvalue weighted by molar-refractivity contribution is 9.10. The smallest absolute Gasteiger partial charge is 0.250 e. The van der Waals surface area contributed by atoms with Crippen LogP contribution in [-0.4, -0.2) is 35.2 Å². The van der Waals surface area contributed by atoms with Gasteiger partial charge in [0.1, 0.15) is 11.4 Å². The molecule has 4 aliphatic rings. The van der Waals surface area contributed by atoms with Crippen LogP contribution in [0.1, 0.15) is 24.0 Å². The van der Waals surface area contributed by atoms with E-state index in [0.717, 1.165) is 18.4 Å². The SMILES string of the molecule is Cc1ccc(N2C(=O)[C@@H]3[C@@H]4CCCN4[C@@]4(C(=O)Nc5ccc(F)cc54)[C@H]3C2=O)c(Br)c1. The zero-order valence-corrected chi connectivity index (χ0v) is 18.3. The van der Waals surface area contributed by atoms with Crippen LogP contribution in [0.15, 0.2) is 40.9 Å². The summed E-state index contributed by atoms with van der Waals surface area (Å²) in [6.45, 7) is 2.52. The molecule has 6 nitrogen and oxygen atoms in total. The molecule has 0 saturated carbocycles. The van der Waals surface area contributed by atoms with Gasteiger partial charge < -0.3 is 5.32 Å². The van der Waals surface area contributed by atoms with Crippen molar-refractivity contribution < 1.29 is 18.8 Å². The van der Waals surface area contributed by atoms with E-state index in [1.54, 1.807) is 6.07 Å². The van der Waals surface area contributed by atoms with Crippen LogP contribution in [0.5, 0.6) is 0 Å². The van der Waals surface area contributed by atoms with Gasteiger partial charge in [0.2, 0.25) is 17.7 Å². The summed E-state index contributed by atoms with van der Waals surface area (Å²) in [5.74, 6) is -3.03. The molecule has 4 aliphatic heterocycles. The van der Waals surface area contributed by atoms with Crippen molar-refractivity contribution in [2.45, 2.75) is 31.3 Å². The lowest BCUT2D eigenvalue weighted by atomic mass is 9.75. The van der Waals surface area contributed by atoms with E-state index in [0.29, 0.717) is 28.0 Å². The lowest BCUT2D eigenvalue weighted by Gasteiger charge is -2.36. The number of amides is 3. The highest BCUT2D eigenvalue weighted by atomic mass is 79.9. The first-order chi connectivity index (χ1) is 14.9. The minimum absolute atomic E-state index is 0.226. The minimum Gasteiger partial charge on any atom is -0.324 e. The first kappa shape index (κ1) is 19.1. The van der Waals surface area contributed by atoms with Gasteiger partial charge in [-0.05, 0) is 78.1 Å². The van der Waals surface area contributed by atoms with E-state index in [4.69, 9.17) is 0 Å².